The summed E-state index contributed by atoms with van der Waals surface area (Å²) in [5.41, 5.74) is 11.0. The minimum Gasteiger partial charge on any atom is -0.397 e. The van der Waals surface area contributed by atoms with Crippen LogP contribution in [0.1, 0.15) is 37.2 Å². The van der Waals surface area contributed by atoms with Crippen molar-refractivity contribution in [2.24, 2.45) is 0 Å². The molecule has 0 saturated carbocycles. The number of aromatic nitrogens is 3. The Morgan fingerprint density at radius 3 is 2.57 bits per heavy atom. The first-order valence-electron chi connectivity index (χ1n) is 15.3. The van der Waals surface area contributed by atoms with E-state index in [4.69, 9.17) is 5.73 Å². The Bertz CT molecular complexity index is 1920. The van der Waals surface area contributed by atoms with E-state index < -0.39 is 11.4 Å². The molecule has 2 aliphatic rings. The molecule has 4 N–H and O–H groups in total. The Labute approximate surface area is 254 Å². The summed E-state index contributed by atoms with van der Waals surface area (Å²) >= 11 is 0. The fraction of sp³-hybridized carbons (Fsp3) is 0.324. The van der Waals surface area contributed by atoms with Gasteiger partial charge in [0, 0.05) is 31.5 Å². The highest BCUT2D eigenvalue weighted by Gasteiger charge is 2.27. The number of nitrogens with two attached hydrogens (primary N) is 1. The number of fused-ring (bicyclic) bond motifs is 2. The van der Waals surface area contributed by atoms with Crippen LogP contribution >= 0.6 is 0 Å². The minimum atomic E-state index is -0.521. The number of para-hydroxylation sites is 1. The van der Waals surface area contributed by atoms with E-state index in [9.17, 15) is 14.0 Å². The van der Waals surface area contributed by atoms with Crippen LogP contribution in [0, 0.1) is 5.82 Å². The zero-order valence-corrected chi connectivity index (χ0v) is 24.8. The van der Waals surface area contributed by atoms with E-state index in [1.807, 2.05) is 12.1 Å². The summed E-state index contributed by atoms with van der Waals surface area (Å²) in [5, 5.41) is 0.147. The fourth-order valence-corrected chi connectivity index (χ4v) is 6.82. The highest BCUT2D eigenvalue weighted by atomic mass is 19.1. The van der Waals surface area contributed by atoms with Gasteiger partial charge in [-0.3, -0.25) is 14.5 Å². The van der Waals surface area contributed by atoms with Gasteiger partial charge < -0.3 is 25.5 Å². The number of likely N-dealkylation sites (N-methyl/N-ethyl adjacent to an activating group) is 1. The Balaban J connectivity index is 1.04. The minimum absolute atomic E-state index is 0.00528. The summed E-state index contributed by atoms with van der Waals surface area (Å²) in [7, 11) is 1.77. The number of likely N-dealkylation sites (tertiary alicyclic amines) is 1. The number of nitrogen functional groups attached to an aromatic ring is 1. The van der Waals surface area contributed by atoms with Crippen molar-refractivity contribution in [2.75, 3.05) is 55.3 Å². The van der Waals surface area contributed by atoms with E-state index in [2.05, 4.69) is 49.0 Å². The average Bonchev–Trinajstić information content (AvgIpc) is 3.71. The Morgan fingerprint density at radius 2 is 1.77 bits per heavy atom. The molecule has 3 aromatic carbocycles. The number of benzene rings is 3. The first kappa shape index (κ1) is 28.1. The second kappa shape index (κ2) is 11.4. The molecule has 2 aliphatic heterocycles. The number of H-pyrrole nitrogens is 2. The van der Waals surface area contributed by atoms with Crippen molar-refractivity contribution in [1.82, 2.24) is 19.9 Å². The van der Waals surface area contributed by atoms with E-state index in [0.717, 1.165) is 39.0 Å². The maximum absolute atomic E-state index is 14.6. The number of amides is 1. The fourth-order valence-electron chi connectivity index (χ4n) is 6.82. The maximum Gasteiger partial charge on any atom is 0.261 e. The molecule has 226 valence electrons. The highest BCUT2D eigenvalue weighted by molar-refractivity contribution is 5.99. The second-order valence-corrected chi connectivity index (χ2v) is 11.9. The molecular formula is C34H36FN7O2. The Morgan fingerprint density at radius 1 is 1.00 bits per heavy atom. The predicted molar refractivity (Wildman–Crippen MR) is 174 cm³/mol. The number of aromatic amines is 2. The molecule has 9 nitrogen and oxygen atoms in total. The summed E-state index contributed by atoms with van der Waals surface area (Å²) in [6.07, 6.45) is 4.59. The molecule has 2 saturated heterocycles. The Hall–Kier alpha value is -4.70. The maximum atomic E-state index is 14.6. The first-order chi connectivity index (χ1) is 21.4. The molecule has 0 radical (unpaired) electrons. The number of piperidine rings is 1. The number of hydrogen-bond acceptors (Lipinski definition) is 6. The molecule has 0 bridgehead atoms. The molecule has 0 aliphatic carbocycles. The summed E-state index contributed by atoms with van der Waals surface area (Å²) in [5.74, 6) is 0.232. The van der Waals surface area contributed by atoms with E-state index in [1.54, 1.807) is 24.1 Å². The lowest BCUT2D eigenvalue weighted by atomic mass is 9.88. The number of nitrogens with zero attached hydrogens (tertiary/aromatic N) is 4. The number of carbonyl (C=O) groups excluding carboxylic acids is 1. The molecule has 1 amide bonds. The van der Waals surface area contributed by atoms with E-state index in [1.165, 1.54) is 36.2 Å². The van der Waals surface area contributed by atoms with Gasteiger partial charge in [0.1, 0.15) is 17.2 Å². The summed E-state index contributed by atoms with van der Waals surface area (Å²) < 4.78 is 14.6. The number of carbonyl (C=O) groups is 1. The number of hydrogen-bond donors (Lipinski definition) is 3. The van der Waals surface area contributed by atoms with E-state index in [0.29, 0.717) is 34.7 Å². The monoisotopic (exact) mass is 593 g/mol. The van der Waals surface area contributed by atoms with Gasteiger partial charge in [-0.2, -0.15) is 0 Å². The molecule has 2 aromatic heterocycles. The van der Waals surface area contributed by atoms with Gasteiger partial charge in [-0.1, -0.05) is 24.3 Å². The summed E-state index contributed by atoms with van der Waals surface area (Å²) in [4.78, 5) is 43.1. The van der Waals surface area contributed by atoms with Crippen LogP contribution in [0.25, 0.3) is 33.3 Å². The van der Waals surface area contributed by atoms with Crippen molar-refractivity contribution in [3.63, 3.8) is 0 Å². The van der Waals surface area contributed by atoms with Crippen molar-refractivity contribution >= 4 is 44.9 Å². The van der Waals surface area contributed by atoms with Gasteiger partial charge in [-0.25, -0.2) is 9.37 Å². The second-order valence-electron chi connectivity index (χ2n) is 11.9. The zero-order valence-electron chi connectivity index (χ0n) is 24.8. The number of anilines is 3. The first-order valence-corrected chi connectivity index (χ1v) is 15.3. The third-order valence-electron chi connectivity index (χ3n) is 9.26. The van der Waals surface area contributed by atoms with Crippen LogP contribution in [-0.2, 0) is 4.79 Å². The zero-order chi connectivity index (χ0) is 30.4. The van der Waals surface area contributed by atoms with Crippen molar-refractivity contribution < 1.29 is 9.18 Å². The summed E-state index contributed by atoms with van der Waals surface area (Å²) in [6, 6.07) is 18.7. The molecule has 7 rings (SSSR count). The molecule has 0 atom stereocenters. The van der Waals surface area contributed by atoms with E-state index >= 15 is 0 Å². The normalized spacial score (nSPS) is 16.3. The average molecular weight is 594 g/mol. The van der Waals surface area contributed by atoms with E-state index in [-0.39, 0.29) is 28.4 Å². The lowest BCUT2D eigenvalue weighted by molar-refractivity contribution is -0.119. The third-order valence-corrected chi connectivity index (χ3v) is 9.26. The van der Waals surface area contributed by atoms with Gasteiger partial charge in [0.05, 0.1) is 34.2 Å². The molecule has 4 heterocycles. The van der Waals surface area contributed by atoms with Crippen LogP contribution < -0.4 is 21.1 Å². The number of pyridine rings is 1. The van der Waals surface area contributed by atoms with Gasteiger partial charge in [-0.05, 0) is 86.7 Å². The largest absolute Gasteiger partial charge is 0.397 e. The molecule has 44 heavy (non-hydrogen) atoms. The van der Waals surface area contributed by atoms with Gasteiger partial charge in [0.15, 0.2) is 0 Å². The van der Waals surface area contributed by atoms with Crippen molar-refractivity contribution in [3.8, 4) is 11.4 Å². The lowest BCUT2D eigenvalue weighted by Gasteiger charge is -2.34. The molecule has 0 unspecified atom stereocenters. The van der Waals surface area contributed by atoms with Crippen LogP contribution in [0.5, 0.6) is 0 Å². The topological polar surface area (TPSA) is 114 Å². The van der Waals surface area contributed by atoms with Gasteiger partial charge in [0.25, 0.3) is 5.56 Å². The van der Waals surface area contributed by atoms with Crippen LogP contribution in [0.2, 0.25) is 0 Å². The Kier molecular flexibility index (Phi) is 7.29. The lowest BCUT2D eigenvalue weighted by Crippen LogP contribution is -2.42. The van der Waals surface area contributed by atoms with Crippen molar-refractivity contribution in [2.45, 2.75) is 31.6 Å². The smallest absolute Gasteiger partial charge is 0.261 e. The predicted octanol–water partition coefficient (Wildman–Crippen LogP) is 5.24. The number of imidazole rings is 1. The number of nitrogens with one attached hydrogen (secondary N) is 2. The van der Waals surface area contributed by atoms with Crippen molar-refractivity contribution in [1.29, 1.82) is 0 Å². The standard InChI is InChI=1S/C34H36FN7O2/c1-40(29(43)20-41-17-13-21(14-18-41)23-7-2-3-10-28(23)42-15-4-5-16-42)22-11-12-25-27(19-22)38-33(37-25)31-32(36)30-24(35)8-6-9-26(30)39-34(31)44/h2-3,6-12,19,21H,4-5,13-18,20H2,1H3,(H,37,38)(H3,36,39,44). The molecule has 5 aromatic rings. The quantitative estimate of drug-likeness (QED) is 0.248. The van der Waals surface area contributed by atoms with Gasteiger partial charge in [-0.15, -0.1) is 0 Å². The SMILES string of the molecule is CN(C(=O)CN1CCC(c2ccccc2N2CCCC2)CC1)c1ccc2nc(-c3c(N)c4c(F)cccc4[nH]c3=O)[nH]c2c1. The highest BCUT2D eigenvalue weighted by Crippen LogP contribution is 2.36. The van der Waals surface area contributed by atoms with Gasteiger partial charge in [0.2, 0.25) is 5.91 Å². The number of halogens is 1. The van der Waals surface area contributed by atoms with Crippen LogP contribution in [-0.4, -0.2) is 65.5 Å². The molecule has 10 heteroatoms. The van der Waals surface area contributed by atoms with Crippen LogP contribution in [0.3, 0.4) is 0 Å². The van der Waals surface area contributed by atoms with Gasteiger partial charge >= 0.3 is 0 Å². The van der Waals surface area contributed by atoms with Crippen LogP contribution in [0.4, 0.5) is 21.5 Å². The molecule has 0 spiro atoms. The van der Waals surface area contributed by atoms with Crippen LogP contribution in [0.15, 0.2) is 65.5 Å². The number of rotatable bonds is 6. The third kappa shape index (κ3) is 5.09. The molecule has 2 fully saturated rings. The molecular weight excluding hydrogens is 557 g/mol. The van der Waals surface area contributed by atoms with Crippen molar-refractivity contribution in [3.05, 3.63) is 82.4 Å². The summed E-state index contributed by atoms with van der Waals surface area (Å²) in [6.45, 7) is 4.38.